The van der Waals surface area contributed by atoms with Crippen molar-refractivity contribution in [3.05, 3.63) is 41.0 Å². The molecule has 1 heterocycles. The molecule has 2 nitrogen and oxygen atoms in total. The molecule has 0 aliphatic heterocycles. The van der Waals surface area contributed by atoms with Crippen LogP contribution in [0.25, 0.3) is 10.9 Å². The molecule has 90 valence electrons. The highest BCUT2D eigenvalue weighted by Gasteiger charge is 2.19. The second kappa shape index (κ2) is 5.03. The van der Waals surface area contributed by atoms with Gasteiger partial charge < -0.3 is 5.11 Å². The maximum absolute atomic E-state index is 9.46. The van der Waals surface area contributed by atoms with Crippen molar-refractivity contribution < 1.29 is 5.11 Å². The van der Waals surface area contributed by atoms with Crippen molar-refractivity contribution in [2.45, 2.75) is 19.8 Å². The average molecular weight is 250 g/mol. The van der Waals surface area contributed by atoms with Gasteiger partial charge >= 0.3 is 0 Å². The Kier molecular flexibility index (Phi) is 3.65. The van der Waals surface area contributed by atoms with E-state index < -0.39 is 0 Å². The smallest absolute Gasteiger partial charge is 0.133 e. The number of aliphatic hydroxyl groups is 1. The first kappa shape index (κ1) is 12.3. The number of para-hydroxylation sites is 1. The predicted molar refractivity (Wildman–Crippen MR) is 71.4 cm³/mol. The van der Waals surface area contributed by atoms with E-state index in [-0.39, 0.29) is 12.5 Å². The number of halogens is 1. The van der Waals surface area contributed by atoms with E-state index in [1.54, 1.807) is 0 Å². The summed E-state index contributed by atoms with van der Waals surface area (Å²) >= 11 is 6.20. The van der Waals surface area contributed by atoms with Gasteiger partial charge in [0.2, 0.25) is 0 Å². The van der Waals surface area contributed by atoms with Crippen molar-refractivity contribution in [1.82, 2.24) is 4.98 Å². The second-order valence-corrected chi connectivity index (χ2v) is 4.95. The quantitative estimate of drug-likeness (QED) is 0.843. The molecule has 0 fully saturated rings. The Morgan fingerprint density at radius 2 is 2.00 bits per heavy atom. The summed E-state index contributed by atoms with van der Waals surface area (Å²) in [6, 6.07) is 9.90. The molecule has 0 bridgehead atoms. The van der Waals surface area contributed by atoms with Gasteiger partial charge in [-0.1, -0.05) is 43.6 Å². The lowest BCUT2D eigenvalue weighted by Gasteiger charge is -2.19. The van der Waals surface area contributed by atoms with Crippen LogP contribution in [-0.2, 0) is 0 Å². The van der Waals surface area contributed by atoms with Crippen LogP contribution in [0.4, 0.5) is 0 Å². The van der Waals surface area contributed by atoms with Gasteiger partial charge in [-0.3, -0.25) is 0 Å². The number of aromatic nitrogens is 1. The van der Waals surface area contributed by atoms with Crippen LogP contribution in [0.5, 0.6) is 0 Å². The van der Waals surface area contributed by atoms with E-state index in [4.69, 9.17) is 11.6 Å². The fourth-order valence-corrected chi connectivity index (χ4v) is 2.32. The lowest BCUT2D eigenvalue weighted by molar-refractivity contribution is 0.237. The van der Waals surface area contributed by atoms with Gasteiger partial charge in [0.05, 0.1) is 12.1 Å². The number of hydrogen-bond donors (Lipinski definition) is 1. The topological polar surface area (TPSA) is 33.1 Å². The maximum Gasteiger partial charge on any atom is 0.133 e. The Bertz CT molecular complexity index is 525. The van der Waals surface area contributed by atoms with Crippen LogP contribution >= 0.6 is 11.6 Å². The number of fused-ring (bicyclic) bond motifs is 1. The fraction of sp³-hybridized carbons (Fsp3) is 0.357. The van der Waals surface area contributed by atoms with Crippen LogP contribution in [0.15, 0.2) is 30.3 Å². The minimum absolute atomic E-state index is 0.0413. The number of aliphatic hydroxyl groups excluding tert-OH is 1. The number of pyridine rings is 1. The summed E-state index contributed by atoms with van der Waals surface area (Å²) < 4.78 is 0. The zero-order chi connectivity index (χ0) is 12.4. The van der Waals surface area contributed by atoms with E-state index in [0.29, 0.717) is 11.1 Å². The maximum atomic E-state index is 9.46. The largest absolute Gasteiger partial charge is 0.396 e. The number of rotatable bonds is 3. The molecule has 0 saturated carbocycles. The molecule has 17 heavy (non-hydrogen) atoms. The minimum atomic E-state index is 0.0413. The summed E-state index contributed by atoms with van der Waals surface area (Å²) in [6.45, 7) is 4.25. The third-order valence-corrected chi connectivity index (χ3v) is 3.41. The first-order chi connectivity index (χ1) is 8.13. The molecule has 0 radical (unpaired) electrons. The van der Waals surface area contributed by atoms with Crippen molar-refractivity contribution >= 4 is 22.5 Å². The second-order valence-electron chi connectivity index (χ2n) is 4.59. The molecule has 2 rings (SSSR count). The van der Waals surface area contributed by atoms with Crippen molar-refractivity contribution in [1.29, 1.82) is 0 Å². The van der Waals surface area contributed by atoms with Gasteiger partial charge in [0.25, 0.3) is 0 Å². The van der Waals surface area contributed by atoms with Gasteiger partial charge in [0, 0.05) is 11.3 Å². The summed E-state index contributed by atoms with van der Waals surface area (Å²) in [4.78, 5) is 4.38. The summed E-state index contributed by atoms with van der Waals surface area (Å²) in [5.41, 5.74) is 1.82. The Balaban J connectivity index is 2.57. The molecule has 0 aliphatic carbocycles. The molecule has 1 unspecified atom stereocenters. The summed E-state index contributed by atoms with van der Waals surface area (Å²) in [5.74, 6) is 0.375. The lowest BCUT2D eigenvalue weighted by atomic mass is 9.89. The van der Waals surface area contributed by atoms with Gasteiger partial charge in [-0.05, 0) is 23.6 Å². The summed E-state index contributed by atoms with van der Waals surface area (Å²) in [6.07, 6.45) is 0. The molecule has 0 aliphatic rings. The zero-order valence-electron chi connectivity index (χ0n) is 10.0. The van der Waals surface area contributed by atoms with E-state index in [1.807, 2.05) is 30.3 Å². The molecule has 0 amide bonds. The van der Waals surface area contributed by atoms with Gasteiger partial charge in [-0.2, -0.15) is 0 Å². The third kappa shape index (κ3) is 2.43. The van der Waals surface area contributed by atoms with Crippen molar-refractivity contribution in [3.8, 4) is 0 Å². The van der Waals surface area contributed by atoms with E-state index >= 15 is 0 Å². The normalized spacial score (nSPS) is 13.2. The van der Waals surface area contributed by atoms with E-state index in [9.17, 15) is 5.11 Å². The molecule has 0 saturated heterocycles. The SMILES string of the molecule is CC(C)C(CO)c1cc2ccccc2nc1Cl. The van der Waals surface area contributed by atoms with Crippen LogP contribution in [0.1, 0.15) is 25.3 Å². The summed E-state index contributed by atoms with van der Waals surface area (Å²) in [5, 5.41) is 11.0. The monoisotopic (exact) mass is 249 g/mol. The molecule has 1 N–H and O–H groups in total. The molecule has 1 aromatic carbocycles. The lowest BCUT2D eigenvalue weighted by Crippen LogP contribution is -2.12. The highest BCUT2D eigenvalue weighted by atomic mass is 35.5. The summed E-state index contributed by atoms with van der Waals surface area (Å²) in [7, 11) is 0. The Labute approximate surface area is 106 Å². The predicted octanol–water partition coefficient (Wildman–Crippen LogP) is 3.62. The molecule has 3 heteroatoms. The molecule has 1 atom stereocenters. The highest BCUT2D eigenvalue weighted by Crippen LogP contribution is 2.31. The van der Waals surface area contributed by atoms with Gasteiger partial charge in [-0.15, -0.1) is 0 Å². The van der Waals surface area contributed by atoms with Crippen molar-refractivity contribution in [3.63, 3.8) is 0 Å². The Morgan fingerprint density at radius 3 is 2.65 bits per heavy atom. The standard InChI is InChI=1S/C14H16ClNO/c1-9(2)12(8-17)11-7-10-5-3-4-6-13(10)16-14(11)15/h3-7,9,12,17H,8H2,1-2H3. The van der Waals surface area contributed by atoms with E-state index in [0.717, 1.165) is 16.5 Å². The van der Waals surface area contributed by atoms with Crippen LogP contribution in [0.3, 0.4) is 0 Å². The first-order valence-corrected chi connectivity index (χ1v) is 6.17. The van der Waals surface area contributed by atoms with Crippen LogP contribution < -0.4 is 0 Å². The average Bonchev–Trinajstić information content (AvgIpc) is 2.30. The van der Waals surface area contributed by atoms with E-state index in [2.05, 4.69) is 18.8 Å². The number of benzene rings is 1. The Morgan fingerprint density at radius 1 is 1.29 bits per heavy atom. The molecular formula is C14H16ClNO. The number of hydrogen-bond acceptors (Lipinski definition) is 2. The van der Waals surface area contributed by atoms with Crippen LogP contribution in [0.2, 0.25) is 5.15 Å². The van der Waals surface area contributed by atoms with Crippen LogP contribution in [0, 0.1) is 5.92 Å². The molecular weight excluding hydrogens is 234 g/mol. The van der Waals surface area contributed by atoms with E-state index in [1.165, 1.54) is 0 Å². The van der Waals surface area contributed by atoms with Gasteiger partial charge in [0.1, 0.15) is 5.15 Å². The highest BCUT2D eigenvalue weighted by molar-refractivity contribution is 6.30. The molecule has 1 aromatic heterocycles. The zero-order valence-corrected chi connectivity index (χ0v) is 10.8. The van der Waals surface area contributed by atoms with Crippen molar-refractivity contribution in [2.75, 3.05) is 6.61 Å². The molecule has 2 aromatic rings. The van der Waals surface area contributed by atoms with Crippen LogP contribution in [-0.4, -0.2) is 16.7 Å². The Hall–Kier alpha value is -1.12. The third-order valence-electron chi connectivity index (χ3n) is 3.11. The fourth-order valence-electron chi connectivity index (χ4n) is 2.04. The first-order valence-electron chi connectivity index (χ1n) is 5.79. The van der Waals surface area contributed by atoms with Gasteiger partial charge in [0.15, 0.2) is 0 Å². The number of nitrogens with zero attached hydrogens (tertiary/aromatic N) is 1. The molecule has 0 spiro atoms. The van der Waals surface area contributed by atoms with Gasteiger partial charge in [-0.25, -0.2) is 4.98 Å². The van der Waals surface area contributed by atoms with Crippen molar-refractivity contribution in [2.24, 2.45) is 5.92 Å². The minimum Gasteiger partial charge on any atom is -0.396 e.